The van der Waals surface area contributed by atoms with E-state index in [1.165, 1.54) is 5.56 Å². The van der Waals surface area contributed by atoms with Crippen LogP contribution in [0.4, 0.5) is 0 Å². The maximum Gasteiger partial charge on any atom is 0.220 e. The fraction of sp³-hybridized carbons (Fsp3) is 0.533. The number of nitrogens with one attached hydrogen (secondary N) is 1. The summed E-state index contributed by atoms with van der Waals surface area (Å²) < 4.78 is 5.44. The van der Waals surface area contributed by atoms with Crippen LogP contribution in [0, 0.1) is 0 Å². The van der Waals surface area contributed by atoms with Crippen LogP contribution in [0.2, 0.25) is 0 Å². The molecule has 0 atom stereocenters. The van der Waals surface area contributed by atoms with Crippen molar-refractivity contribution in [2.24, 2.45) is 5.73 Å². The van der Waals surface area contributed by atoms with E-state index < -0.39 is 0 Å². The molecule has 1 aliphatic heterocycles. The Bertz CT molecular complexity index is 400. The lowest BCUT2D eigenvalue weighted by Gasteiger charge is -2.38. The molecule has 1 heterocycles. The van der Waals surface area contributed by atoms with Crippen LogP contribution in [0.3, 0.4) is 0 Å². The number of carbonyl (C=O) groups is 1. The van der Waals surface area contributed by atoms with E-state index >= 15 is 0 Å². The number of hydrogen-bond acceptors (Lipinski definition) is 3. The molecule has 0 saturated carbocycles. The van der Waals surface area contributed by atoms with Crippen LogP contribution in [0.1, 0.15) is 31.2 Å². The monoisotopic (exact) mass is 262 g/mol. The number of ether oxygens (including phenoxy) is 1. The molecular weight excluding hydrogens is 240 g/mol. The van der Waals surface area contributed by atoms with Crippen molar-refractivity contribution in [1.29, 1.82) is 0 Å². The zero-order valence-electron chi connectivity index (χ0n) is 11.2. The van der Waals surface area contributed by atoms with Crippen LogP contribution in [0.15, 0.2) is 30.3 Å². The van der Waals surface area contributed by atoms with Gasteiger partial charge in [-0.05, 0) is 31.4 Å². The molecule has 4 nitrogen and oxygen atoms in total. The Balaban J connectivity index is 2.13. The smallest absolute Gasteiger partial charge is 0.220 e. The molecule has 1 aromatic carbocycles. The number of rotatable bonds is 5. The van der Waals surface area contributed by atoms with Crippen LogP contribution >= 0.6 is 0 Å². The van der Waals surface area contributed by atoms with E-state index in [1.54, 1.807) is 0 Å². The molecule has 2 rings (SSSR count). The minimum atomic E-state index is -0.273. The van der Waals surface area contributed by atoms with Crippen molar-refractivity contribution in [3.8, 4) is 0 Å². The SMILES string of the molecule is NCCCC(=O)NC1(c2ccccc2)CCOCC1. The van der Waals surface area contributed by atoms with Crippen molar-refractivity contribution in [2.45, 2.75) is 31.2 Å². The van der Waals surface area contributed by atoms with Gasteiger partial charge in [-0.15, -0.1) is 0 Å². The van der Waals surface area contributed by atoms with Gasteiger partial charge in [-0.2, -0.15) is 0 Å². The fourth-order valence-corrected chi connectivity index (χ4v) is 2.55. The minimum absolute atomic E-state index is 0.0798. The van der Waals surface area contributed by atoms with Gasteiger partial charge in [0, 0.05) is 19.6 Å². The maximum absolute atomic E-state index is 12.0. The maximum atomic E-state index is 12.0. The van der Waals surface area contributed by atoms with Crippen LogP contribution in [-0.4, -0.2) is 25.7 Å². The van der Waals surface area contributed by atoms with Crippen molar-refractivity contribution in [3.05, 3.63) is 35.9 Å². The molecule has 104 valence electrons. The summed E-state index contributed by atoms with van der Waals surface area (Å²) in [6, 6.07) is 10.2. The first kappa shape index (κ1) is 14.0. The molecular formula is C15H22N2O2. The molecule has 0 bridgehead atoms. The first-order valence-electron chi connectivity index (χ1n) is 6.91. The van der Waals surface area contributed by atoms with Gasteiger partial charge in [0.2, 0.25) is 5.91 Å². The topological polar surface area (TPSA) is 64.4 Å². The Morgan fingerprint density at radius 3 is 2.58 bits per heavy atom. The van der Waals surface area contributed by atoms with Crippen LogP contribution in [0.25, 0.3) is 0 Å². The number of amides is 1. The Morgan fingerprint density at radius 2 is 1.95 bits per heavy atom. The van der Waals surface area contributed by atoms with Gasteiger partial charge in [0.15, 0.2) is 0 Å². The molecule has 1 fully saturated rings. The third-order valence-corrected chi connectivity index (χ3v) is 3.66. The number of carbonyl (C=O) groups excluding carboxylic acids is 1. The second-order valence-electron chi connectivity index (χ2n) is 5.00. The first-order chi connectivity index (χ1) is 9.27. The van der Waals surface area contributed by atoms with Gasteiger partial charge in [0.25, 0.3) is 0 Å². The van der Waals surface area contributed by atoms with E-state index in [2.05, 4.69) is 17.4 Å². The number of benzene rings is 1. The lowest BCUT2D eigenvalue weighted by molar-refractivity contribution is -0.124. The highest BCUT2D eigenvalue weighted by Crippen LogP contribution is 2.32. The Morgan fingerprint density at radius 1 is 1.26 bits per heavy atom. The largest absolute Gasteiger partial charge is 0.381 e. The Hall–Kier alpha value is -1.39. The summed E-state index contributed by atoms with van der Waals surface area (Å²) in [6.07, 6.45) is 2.87. The third-order valence-electron chi connectivity index (χ3n) is 3.66. The zero-order valence-corrected chi connectivity index (χ0v) is 11.2. The van der Waals surface area contributed by atoms with Crippen LogP contribution in [0.5, 0.6) is 0 Å². The molecule has 1 aliphatic rings. The Kier molecular flexibility index (Phi) is 4.93. The van der Waals surface area contributed by atoms with Crippen LogP contribution < -0.4 is 11.1 Å². The van der Waals surface area contributed by atoms with Crippen molar-refractivity contribution in [3.63, 3.8) is 0 Å². The number of nitrogens with two attached hydrogens (primary N) is 1. The summed E-state index contributed by atoms with van der Waals surface area (Å²) in [7, 11) is 0. The molecule has 4 heteroatoms. The summed E-state index contributed by atoms with van der Waals surface area (Å²) in [6.45, 7) is 1.92. The lowest BCUT2D eigenvalue weighted by atomic mass is 9.82. The first-order valence-corrected chi connectivity index (χ1v) is 6.91. The van der Waals surface area contributed by atoms with Crippen molar-refractivity contribution in [1.82, 2.24) is 5.32 Å². The molecule has 0 aliphatic carbocycles. The highest BCUT2D eigenvalue weighted by atomic mass is 16.5. The third kappa shape index (κ3) is 3.55. The molecule has 3 N–H and O–H groups in total. The van der Waals surface area contributed by atoms with E-state index in [4.69, 9.17) is 10.5 Å². The van der Waals surface area contributed by atoms with Crippen molar-refractivity contribution >= 4 is 5.91 Å². The molecule has 1 saturated heterocycles. The highest BCUT2D eigenvalue weighted by Gasteiger charge is 2.35. The van der Waals surface area contributed by atoms with Crippen molar-refractivity contribution in [2.75, 3.05) is 19.8 Å². The second-order valence-corrected chi connectivity index (χ2v) is 5.00. The predicted molar refractivity (Wildman–Crippen MR) is 74.6 cm³/mol. The second kappa shape index (κ2) is 6.68. The van der Waals surface area contributed by atoms with Gasteiger partial charge >= 0.3 is 0 Å². The van der Waals surface area contributed by atoms with E-state index in [0.29, 0.717) is 26.2 Å². The summed E-state index contributed by atoms with van der Waals surface area (Å²) in [5, 5.41) is 3.21. The average molecular weight is 262 g/mol. The van der Waals surface area contributed by atoms with E-state index in [0.717, 1.165) is 19.3 Å². The molecule has 0 aromatic heterocycles. The normalized spacial score (nSPS) is 17.9. The summed E-state index contributed by atoms with van der Waals surface area (Å²) >= 11 is 0. The van der Waals surface area contributed by atoms with Gasteiger partial charge in [-0.1, -0.05) is 30.3 Å². The van der Waals surface area contributed by atoms with E-state index in [1.807, 2.05) is 18.2 Å². The molecule has 0 radical (unpaired) electrons. The molecule has 0 spiro atoms. The highest BCUT2D eigenvalue weighted by molar-refractivity contribution is 5.77. The van der Waals surface area contributed by atoms with Crippen molar-refractivity contribution < 1.29 is 9.53 Å². The molecule has 19 heavy (non-hydrogen) atoms. The lowest BCUT2D eigenvalue weighted by Crippen LogP contribution is -2.49. The molecule has 0 unspecified atom stereocenters. The minimum Gasteiger partial charge on any atom is -0.381 e. The standard InChI is InChI=1S/C15H22N2O2/c16-10-4-7-14(18)17-15(8-11-19-12-9-15)13-5-2-1-3-6-13/h1-3,5-6H,4,7-12,16H2,(H,17,18). The zero-order chi connectivity index (χ0) is 13.6. The number of hydrogen-bond donors (Lipinski definition) is 2. The summed E-state index contributed by atoms with van der Waals surface area (Å²) in [5.41, 5.74) is 6.35. The van der Waals surface area contributed by atoms with Gasteiger partial charge in [-0.3, -0.25) is 4.79 Å². The van der Waals surface area contributed by atoms with E-state index in [-0.39, 0.29) is 11.4 Å². The predicted octanol–water partition coefficient (Wildman–Crippen LogP) is 1.55. The molecule has 1 aromatic rings. The quantitative estimate of drug-likeness (QED) is 0.846. The van der Waals surface area contributed by atoms with E-state index in [9.17, 15) is 4.79 Å². The van der Waals surface area contributed by atoms with Gasteiger partial charge in [-0.25, -0.2) is 0 Å². The van der Waals surface area contributed by atoms with Gasteiger partial charge in [0.1, 0.15) is 0 Å². The van der Waals surface area contributed by atoms with Crippen LogP contribution in [-0.2, 0) is 15.1 Å². The summed E-state index contributed by atoms with van der Waals surface area (Å²) in [4.78, 5) is 12.0. The van der Waals surface area contributed by atoms with Gasteiger partial charge in [0.05, 0.1) is 5.54 Å². The molecule has 1 amide bonds. The fourth-order valence-electron chi connectivity index (χ4n) is 2.55. The summed E-state index contributed by atoms with van der Waals surface area (Å²) in [5.74, 6) is 0.0798. The van der Waals surface area contributed by atoms with Gasteiger partial charge < -0.3 is 15.8 Å². The Labute approximate surface area is 114 Å². The average Bonchev–Trinajstić information content (AvgIpc) is 2.47.